The largest absolute Gasteiger partial charge is 0.461 e. The van der Waals surface area contributed by atoms with Crippen LogP contribution in [0.25, 0.3) is 0 Å². The molecule has 24 heavy (non-hydrogen) atoms. The highest BCUT2D eigenvalue weighted by Gasteiger charge is 2.17. The number of rotatable bonds is 8. The Hall–Kier alpha value is -2.44. The Morgan fingerprint density at radius 1 is 0.917 bits per heavy atom. The van der Waals surface area contributed by atoms with Crippen molar-refractivity contribution < 1.29 is 24.4 Å². The molecule has 0 aliphatic rings. The van der Waals surface area contributed by atoms with Crippen molar-refractivity contribution in [2.45, 2.75) is 25.8 Å². The van der Waals surface area contributed by atoms with Gasteiger partial charge in [-0.05, 0) is 11.1 Å². The minimum Gasteiger partial charge on any atom is -0.461 e. The first kappa shape index (κ1) is 17.9. The van der Waals surface area contributed by atoms with Crippen LogP contribution < -0.4 is 0 Å². The first-order valence-corrected chi connectivity index (χ1v) is 7.73. The van der Waals surface area contributed by atoms with E-state index >= 15 is 0 Å². The van der Waals surface area contributed by atoms with Crippen molar-refractivity contribution >= 4 is 18.9 Å². The average molecular weight is 326 g/mol. The van der Waals surface area contributed by atoms with Crippen LogP contribution in [0.15, 0.2) is 54.6 Å². The molecule has 0 radical (unpaired) electrons. The minimum absolute atomic E-state index is 0.0122. The number of carbonyl (C=O) groups is 2. The molecule has 0 saturated carbocycles. The fraction of sp³-hybridized carbons (Fsp3) is 0.222. The van der Waals surface area contributed by atoms with Crippen LogP contribution in [-0.2, 0) is 22.5 Å². The van der Waals surface area contributed by atoms with E-state index in [1.54, 1.807) is 24.3 Å². The van der Waals surface area contributed by atoms with Crippen molar-refractivity contribution in [3.63, 3.8) is 0 Å². The zero-order valence-electron chi connectivity index (χ0n) is 13.2. The van der Waals surface area contributed by atoms with Crippen LogP contribution in [0, 0.1) is 0 Å². The van der Waals surface area contributed by atoms with Crippen LogP contribution in [0.1, 0.15) is 34.3 Å². The average Bonchev–Trinajstić information content (AvgIpc) is 2.58. The van der Waals surface area contributed by atoms with Gasteiger partial charge in [-0.3, -0.25) is 9.59 Å². The molecule has 0 spiro atoms. The van der Waals surface area contributed by atoms with Gasteiger partial charge in [0, 0.05) is 18.3 Å². The van der Waals surface area contributed by atoms with Gasteiger partial charge in [-0.1, -0.05) is 54.6 Å². The first-order valence-electron chi connectivity index (χ1n) is 7.73. The summed E-state index contributed by atoms with van der Waals surface area (Å²) >= 11 is 0. The molecule has 0 unspecified atom stereocenters. The van der Waals surface area contributed by atoms with Gasteiger partial charge in [0.05, 0.1) is 6.42 Å². The summed E-state index contributed by atoms with van der Waals surface area (Å²) in [7, 11) is -1.52. The van der Waals surface area contributed by atoms with Crippen molar-refractivity contribution in [1.82, 2.24) is 0 Å². The van der Waals surface area contributed by atoms with Crippen LogP contribution in [0.3, 0.4) is 0 Å². The van der Waals surface area contributed by atoms with E-state index in [0.29, 0.717) is 11.1 Å². The molecule has 2 N–H and O–H groups in total. The van der Waals surface area contributed by atoms with Gasteiger partial charge in [-0.2, -0.15) is 0 Å². The number of ketones is 1. The molecule has 2 rings (SSSR count). The van der Waals surface area contributed by atoms with Crippen molar-refractivity contribution in [2.75, 3.05) is 0 Å². The van der Waals surface area contributed by atoms with Crippen molar-refractivity contribution in [2.24, 2.45) is 0 Å². The summed E-state index contributed by atoms with van der Waals surface area (Å²) in [5.74, 6) is -0.658. The van der Waals surface area contributed by atoms with E-state index in [1.165, 1.54) is 0 Å². The Balaban J connectivity index is 1.85. The lowest BCUT2D eigenvalue weighted by Crippen LogP contribution is -2.18. The van der Waals surface area contributed by atoms with E-state index in [1.807, 2.05) is 30.3 Å². The van der Waals surface area contributed by atoms with Crippen molar-refractivity contribution in [3.05, 3.63) is 71.3 Å². The first-order chi connectivity index (χ1) is 11.6. The van der Waals surface area contributed by atoms with Gasteiger partial charge in [-0.15, -0.1) is 0 Å². The maximum absolute atomic E-state index is 12.3. The molecule has 0 saturated heterocycles. The molecule has 0 aromatic heterocycles. The Labute approximate surface area is 141 Å². The molecule has 0 bridgehead atoms. The third-order valence-corrected chi connectivity index (χ3v) is 3.52. The molecule has 0 fully saturated rings. The van der Waals surface area contributed by atoms with Crippen LogP contribution >= 0.6 is 0 Å². The Morgan fingerprint density at radius 2 is 1.58 bits per heavy atom. The molecule has 2 aromatic carbocycles. The highest BCUT2D eigenvalue weighted by Crippen LogP contribution is 2.14. The van der Waals surface area contributed by atoms with Crippen LogP contribution in [0.4, 0.5) is 0 Å². The number of hydrogen-bond acceptors (Lipinski definition) is 5. The van der Waals surface area contributed by atoms with Crippen LogP contribution in [0.5, 0.6) is 0 Å². The van der Waals surface area contributed by atoms with Crippen molar-refractivity contribution in [1.29, 1.82) is 0 Å². The number of carbonyl (C=O) groups excluding carboxylic acids is 2. The Kier molecular flexibility index (Phi) is 6.72. The molecular formula is C18H19BO5. The standard InChI is InChI=1S/C18H19BO5/c20-17(16-9-5-4-8-15(16)12-19(22)23)10-11-18(21)24-13-14-6-2-1-3-7-14/h1-9,22-23H,10-13H2. The topological polar surface area (TPSA) is 83.8 Å². The maximum Gasteiger partial charge on any atom is 0.456 e. The summed E-state index contributed by atoms with van der Waals surface area (Å²) in [6, 6.07) is 16.0. The van der Waals surface area contributed by atoms with E-state index in [-0.39, 0.29) is 31.6 Å². The molecule has 0 amide bonds. The fourth-order valence-corrected chi connectivity index (χ4v) is 2.33. The SMILES string of the molecule is O=C(CCC(=O)c1ccccc1CB(O)O)OCc1ccccc1. The highest BCUT2D eigenvalue weighted by molar-refractivity contribution is 6.40. The summed E-state index contributed by atoms with van der Waals surface area (Å²) < 4.78 is 5.14. The number of benzene rings is 2. The van der Waals surface area contributed by atoms with Crippen molar-refractivity contribution in [3.8, 4) is 0 Å². The number of Topliss-reactive ketones (excluding diaryl/α,β-unsaturated/α-hetero) is 1. The molecule has 124 valence electrons. The van der Waals surface area contributed by atoms with E-state index in [0.717, 1.165) is 5.56 Å². The van der Waals surface area contributed by atoms with Crippen LogP contribution in [-0.4, -0.2) is 28.9 Å². The quantitative estimate of drug-likeness (QED) is 0.440. The summed E-state index contributed by atoms with van der Waals surface area (Å²) in [5, 5.41) is 18.2. The molecule has 0 heterocycles. The highest BCUT2D eigenvalue weighted by atomic mass is 16.5. The zero-order valence-corrected chi connectivity index (χ0v) is 13.2. The lowest BCUT2D eigenvalue weighted by Gasteiger charge is -2.08. The molecule has 0 aliphatic carbocycles. The lowest BCUT2D eigenvalue weighted by atomic mass is 9.79. The predicted octanol–water partition coefficient (Wildman–Crippen LogP) is 1.95. The van der Waals surface area contributed by atoms with Crippen LogP contribution in [0.2, 0.25) is 0 Å². The van der Waals surface area contributed by atoms with E-state index in [4.69, 9.17) is 14.8 Å². The summed E-state index contributed by atoms with van der Waals surface area (Å²) in [6.07, 6.45) is -0.0196. The zero-order chi connectivity index (χ0) is 17.4. The fourth-order valence-electron chi connectivity index (χ4n) is 2.33. The van der Waals surface area contributed by atoms with Gasteiger partial charge in [0.2, 0.25) is 0 Å². The molecule has 0 atom stereocenters. The second-order valence-electron chi connectivity index (χ2n) is 5.41. The van der Waals surface area contributed by atoms with Gasteiger partial charge in [-0.25, -0.2) is 0 Å². The summed E-state index contributed by atoms with van der Waals surface area (Å²) in [4.78, 5) is 24.0. The van der Waals surface area contributed by atoms with Gasteiger partial charge in [0.25, 0.3) is 0 Å². The number of esters is 1. The second kappa shape index (κ2) is 9.01. The second-order valence-corrected chi connectivity index (χ2v) is 5.41. The Bertz CT molecular complexity index is 685. The van der Waals surface area contributed by atoms with E-state index in [9.17, 15) is 9.59 Å². The molecule has 2 aromatic rings. The predicted molar refractivity (Wildman–Crippen MR) is 90.1 cm³/mol. The molecule has 6 heteroatoms. The Morgan fingerprint density at radius 3 is 2.29 bits per heavy atom. The summed E-state index contributed by atoms with van der Waals surface area (Å²) in [6.45, 7) is 0.182. The number of ether oxygens (including phenoxy) is 1. The smallest absolute Gasteiger partial charge is 0.456 e. The van der Waals surface area contributed by atoms with Gasteiger partial charge >= 0.3 is 13.1 Å². The minimum atomic E-state index is -1.52. The number of hydrogen-bond donors (Lipinski definition) is 2. The molecule has 5 nitrogen and oxygen atoms in total. The monoisotopic (exact) mass is 326 g/mol. The van der Waals surface area contributed by atoms with E-state index < -0.39 is 13.1 Å². The molecule has 0 aliphatic heterocycles. The maximum atomic E-state index is 12.3. The molecular weight excluding hydrogens is 307 g/mol. The lowest BCUT2D eigenvalue weighted by molar-refractivity contribution is -0.144. The summed E-state index contributed by atoms with van der Waals surface area (Å²) in [5.41, 5.74) is 1.84. The van der Waals surface area contributed by atoms with Gasteiger partial charge in [0.1, 0.15) is 6.61 Å². The normalized spacial score (nSPS) is 10.2. The third kappa shape index (κ3) is 5.64. The van der Waals surface area contributed by atoms with Gasteiger partial charge in [0.15, 0.2) is 5.78 Å². The van der Waals surface area contributed by atoms with Gasteiger partial charge < -0.3 is 14.8 Å². The van der Waals surface area contributed by atoms with E-state index in [2.05, 4.69) is 0 Å². The third-order valence-electron chi connectivity index (χ3n) is 3.52.